The second-order valence-corrected chi connectivity index (χ2v) is 7.79. The maximum Gasteiger partial charge on any atom is 0.278 e. The van der Waals surface area contributed by atoms with Crippen molar-refractivity contribution in [3.8, 4) is 0 Å². The quantitative estimate of drug-likeness (QED) is 0.259. The molecule has 7 heteroatoms. The molecule has 0 aliphatic rings. The summed E-state index contributed by atoms with van der Waals surface area (Å²) < 4.78 is 1.63. The van der Waals surface area contributed by atoms with Crippen molar-refractivity contribution in [2.45, 2.75) is 17.5 Å². The highest BCUT2D eigenvalue weighted by Gasteiger charge is 2.15. The summed E-state index contributed by atoms with van der Waals surface area (Å²) in [5, 5.41) is 2.61. The Morgan fingerprint density at radius 1 is 1.19 bits per heavy atom. The third-order valence-electron chi connectivity index (χ3n) is 4.24. The number of hydrogen-bond donors (Lipinski definition) is 1. The van der Waals surface area contributed by atoms with Gasteiger partial charge in [-0.2, -0.15) is 0 Å². The number of aromatic nitrogens is 3. The molecule has 0 bridgehead atoms. The van der Waals surface area contributed by atoms with Gasteiger partial charge in [0.15, 0.2) is 5.16 Å². The number of para-hydroxylation sites is 1. The highest BCUT2D eigenvalue weighted by molar-refractivity contribution is 7.98. The fourth-order valence-corrected chi connectivity index (χ4v) is 4.22. The van der Waals surface area contributed by atoms with Gasteiger partial charge in [-0.15, -0.1) is 6.58 Å². The van der Waals surface area contributed by atoms with Crippen LogP contribution in [-0.4, -0.2) is 14.5 Å². The van der Waals surface area contributed by atoms with Crippen LogP contribution in [0.4, 0.5) is 0 Å². The molecule has 0 aliphatic carbocycles. The first-order valence-electron chi connectivity index (χ1n) is 8.27. The van der Waals surface area contributed by atoms with E-state index in [2.05, 4.69) is 11.6 Å². The number of fused-ring (bicyclic) bond motifs is 3. The van der Waals surface area contributed by atoms with E-state index in [1.807, 2.05) is 36.4 Å². The lowest BCUT2D eigenvalue weighted by Gasteiger charge is -2.10. The molecule has 0 radical (unpaired) electrons. The van der Waals surface area contributed by atoms with Crippen molar-refractivity contribution in [3.05, 3.63) is 81.1 Å². The summed E-state index contributed by atoms with van der Waals surface area (Å²) in [7, 11) is 0. The van der Waals surface area contributed by atoms with Crippen molar-refractivity contribution in [2.24, 2.45) is 0 Å². The predicted octanol–water partition coefficient (Wildman–Crippen LogP) is 5.66. The molecule has 0 saturated carbocycles. The Labute approximate surface area is 169 Å². The van der Waals surface area contributed by atoms with Crippen LogP contribution in [0.25, 0.3) is 21.9 Å². The minimum Gasteiger partial charge on any atom is -0.349 e. The Morgan fingerprint density at radius 2 is 2.00 bits per heavy atom. The molecule has 27 heavy (non-hydrogen) atoms. The molecule has 0 unspecified atom stereocenters. The molecule has 2 heterocycles. The van der Waals surface area contributed by atoms with Crippen molar-refractivity contribution >= 4 is 56.9 Å². The van der Waals surface area contributed by atoms with Crippen molar-refractivity contribution in [3.63, 3.8) is 0 Å². The van der Waals surface area contributed by atoms with E-state index in [1.165, 1.54) is 11.8 Å². The molecule has 0 atom stereocenters. The van der Waals surface area contributed by atoms with Crippen LogP contribution in [0.2, 0.25) is 10.0 Å². The number of nitrogens with zero attached hydrogens (tertiary/aromatic N) is 2. The molecular formula is C20H15Cl2N3OS. The summed E-state index contributed by atoms with van der Waals surface area (Å²) in [4.78, 5) is 21.0. The number of rotatable bonds is 5. The smallest absolute Gasteiger partial charge is 0.278 e. The second-order valence-electron chi connectivity index (χ2n) is 6.03. The van der Waals surface area contributed by atoms with Crippen LogP contribution in [-0.2, 0) is 12.3 Å². The van der Waals surface area contributed by atoms with Gasteiger partial charge in [0.05, 0.1) is 10.0 Å². The van der Waals surface area contributed by atoms with Gasteiger partial charge in [-0.25, -0.2) is 4.98 Å². The fraction of sp³-hybridized carbons (Fsp3) is 0.100. The molecule has 0 saturated heterocycles. The van der Waals surface area contributed by atoms with Crippen LogP contribution in [0.3, 0.4) is 0 Å². The molecular weight excluding hydrogens is 401 g/mol. The molecule has 0 fully saturated rings. The van der Waals surface area contributed by atoms with E-state index in [1.54, 1.807) is 16.7 Å². The lowest BCUT2D eigenvalue weighted by molar-refractivity contribution is 0.671. The zero-order chi connectivity index (χ0) is 19.0. The first-order chi connectivity index (χ1) is 13.1. The van der Waals surface area contributed by atoms with Crippen LogP contribution in [0.15, 0.2) is 65.1 Å². The van der Waals surface area contributed by atoms with Crippen molar-refractivity contribution in [1.29, 1.82) is 0 Å². The lowest BCUT2D eigenvalue weighted by atomic mass is 10.2. The Bertz CT molecular complexity index is 1230. The van der Waals surface area contributed by atoms with Crippen LogP contribution < -0.4 is 5.56 Å². The standard InChI is InChI=1S/C20H15Cl2N3OS/c1-2-9-25-19(26)18-17(13-5-3-4-6-16(13)23-18)24-20(25)27-11-12-7-8-14(21)15(22)10-12/h2-8,10,23H,1,9,11H2. The largest absolute Gasteiger partial charge is 0.349 e. The van der Waals surface area contributed by atoms with Crippen molar-refractivity contribution in [2.75, 3.05) is 0 Å². The molecule has 0 spiro atoms. The van der Waals surface area contributed by atoms with Gasteiger partial charge in [-0.1, -0.05) is 65.3 Å². The Kier molecular flexibility index (Phi) is 5.00. The second kappa shape index (κ2) is 7.43. The third kappa shape index (κ3) is 3.38. The summed E-state index contributed by atoms with van der Waals surface area (Å²) >= 11 is 13.6. The number of aromatic amines is 1. The van der Waals surface area contributed by atoms with Gasteiger partial charge in [0.2, 0.25) is 0 Å². The zero-order valence-corrected chi connectivity index (χ0v) is 16.5. The summed E-state index contributed by atoms with van der Waals surface area (Å²) in [6.07, 6.45) is 1.70. The van der Waals surface area contributed by atoms with Gasteiger partial charge in [-0.05, 0) is 23.8 Å². The van der Waals surface area contributed by atoms with Crippen molar-refractivity contribution in [1.82, 2.24) is 14.5 Å². The summed E-state index contributed by atoms with van der Waals surface area (Å²) in [6.45, 7) is 4.15. The van der Waals surface area contributed by atoms with Crippen molar-refractivity contribution < 1.29 is 0 Å². The average molecular weight is 416 g/mol. The molecule has 4 nitrogen and oxygen atoms in total. The van der Waals surface area contributed by atoms with E-state index in [-0.39, 0.29) is 5.56 Å². The summed E-state index contributed by atoms with van der Waals surface area (Å²) in [5.74, 6) is 0.619. The number of allylic oxidation sites excluding steroid dienone is 1. The van der Waals surface area contributed by atoms with Crippen LogP contribution in [0, 0.1) is 0 Å². The number of halogens is 2. The summed E-state index contributed by atoms with van der Waals surface area (Å²) in [6, 6.07) is 13.3. The summed E-state index contributed by atoms with van der Waals surface area (Å²) in [5.41, 5.74) is 3.00. The number of thioether (sulfide) groups is 1. The Morgan fingerprint density at radius 3 is 2.78 bits per heavy atom. The Hall–Kier alpha value is -2.21. The Balaban J connectivity index is 1.81. The molecule has 2 aromatic heterocycles. The topological polar surface area (TPSA) is 50.7 Å². The van der Waals surface area contributed by atoms with Gasteiger partial charge >= 0.3 is 0 Å². The lowest BCUT2D eigenvalue weighted by Crippen LogP contribution is -2.22. The first kappa shape index (κ1) is 18.2. The maximum atomic E-state index is 13.0. The molecule has 0 amide bonds. The van der Waals surface area contributed by atoms with Crippen LogP contribution in [0.1, 0.15) is 5.56 Å². The molecule has 0 aliphatic heterocycles. The van der Waals surface area contributed by atoms with E-state index >= 15 is 0 Å². The van der Waals surface area contributed by atoms with Gasteiger partial charge in [0.25, 0.3) is 5.56 Å². The number of hydrogen-bond acceptors (Lipinski definition) is 3. The number of H-pyrrole nitrogens is 1. The monoisotopic (exact) mass is 415 g/mol. The van der Waals surface area contributed by atoms with Gasteiger partial charge < -0.3 is 4.98 Å². The first-order valence-corrected chi connectivity index (χ1v) is 10.0. The van der Waals surface area contributed by atoms with E-state index in [4.69, 9.17) is 28.2 Å². The fourth-order valence-electron chi connectivity index (χ4n) is 2.95. The molecule has 136 valence electrons. The third-order valence-corrected chi connectivity index (χ3v) is 6.03. The van der Waals surface area contributed by atoms with Crippen LogP contribution >= 0.6 is 35.0 Å². The van der Waals surface area contributed by atoms with Gasteiger partial charge in [0, 0.05) is 23.2 Å². The number of benzene rings is 2. The van der Waals surface area contributed by atoms with Gasteiger partial charge in [0.1, 0.15) is 11.0 Å². The van der Waals surface area contributed by atoms with E-state index in [0.717, 1.165) is 16.5 Å². The molecule has 1 N–H and O–H groups in total. The number of nitrogens with one attached hydrogen (secondary N) is 1. The highest BCUT2D eigenvalue weighted by atomic mass is 35.5. The zero-order valence-electron chi connectivity index (χ0n) is 14.2. The average Bonchev–Trinajstić information content (AvgIpc) is 3.04. The highest BCUT2D eigenvalue weighted by Crippen LogP contribution is 2.29. The minimum atomic E-state index is -0.104. The maximum absolute atomic E-state index is 13.0. The SMILES string of the molecule is C=CCn1c(SCc2ccc(Cl)c(Cl)c2)nc2c([nH]c3ccccc32)c1=O. The molecule has 4 rings (SSSR count). The van der Waals surface area contributed by atoms with E-state index in [9.17, 15) is 4.79 Å². The van der Waals surface area contributed by atoms with E-state index in [0.29, 0.717) is 38.5 Å². The van der Waals surface area contributed by atoms with Gasteiger partial charge in [-0.3, -0.25) is 9.36 Å². The minimum absolute atomic E-state index is 0.104. The van der Waals surface area contributed by atoms with Crippen LogP contribution in [0.5, 0.6) is 0 Å². The molecule has 4 aromatic rings. The normalized spacial score (nSPS) is 11.3. The molecule has 2 aromatic carbocycles. The van der Waals surface area contributed by atoms with E-state index < -0.39 is 0 Å². The predicted molar refractivity (Wildman–Crippen MR) is 114 cm³/mol.